The summed E-state index contributed by atoms with van der Waals surface area (Å²) in [5.41, 5.74) is 2.93. The van der Waals surface area contributed by atoms with Crippen molar-refractivity contribution in [3.8, 4) is 11.4 Å². The summed E-state index contributed by atoms with van der Waals surface area (Å²) in [6.45, 7) is 5.03. The summed E-state index contributed by atoms with van der Waals surface area (Å²) in [6, 6.07) is 13.1. The molecule has 1 atom stereocenters. The van der Waals surface area contributed by atoms with Gasteiger partial charge in [-0.2, -0.15) is 0 Å². The maximum absolute atomic E-state index is 12.5. The zero-order valence-corrected chi connectivity index (χ0v) is 19.9. The average molecular weight is 479 g/mol. The molecule has 31 heavy (non-hydrogen) atoms. The number of methoxy groups -OCH3 is 1. The lowest BCUT2D eigenvalue weighted by Gasteiger charge is -2.16. The van der Waals surface area contributed by atoms with E-state index >= 15 is 0 Å². The molecule has 0 saturated carbocycles. The first-order valence-corrected chi connectivity index (χ1v) is 11.5. The Morgan fingerprint density at radius 3 is 2.74 bits per heavy atom. The van der Waals surface area contributed by atoms with Crippen LogP contribution in [0.25, 0.3) is 11.4 Å². The van der Waals surface area contributed by atoms with Gasteiger partial charge in [0, 0.05) is 22.7 Å². The highest BCUT2D eigenvalue weighted by Gasteiger charge is 2.17. The van der Waals surface area contributed by atoms with Gasteiger partial charge in [-0.1, -0.05) is 64.8 Å². The van der Waals surface area contributed by atoms with Crippen LogP contribution in [0.2, 0.25) is 10.0 Å². The molecule has 2 aromatic carbocycles. The number of aryl methyl sites for hydroxylation is 1. The van der Waals surface area contributed by atoms with Crippen molar-refractivity contribution >= 4 is 40.9 Å². The van der Waals surface area contributed by atoms with E-state index in [1.165, 1.54) is 11.8 Å². The van der Waals surface area contributed by atoms with Gasteiger partial charge in [0.15, 0.2) is 11.0 Å². The summed E-state index contributed by atoms with van der Waals surface area (Å²) >= 11 is 13.5. The summed E-state index contributed by atoms with van der Waals surface area (Å²) in [6.07, 6.45) is 0. The van der Waals surface area contributed by atoms with Crippen LogP contribution >= 0.6 is 35.0 Å². The van der Waals surface area contributed by atoms with Crippen LogP contribution in [0.3, 0.4) is 0 Å². The summed E-state index contributed by atoms with van der Waals surface area (Å²) in [4.78, 5) is 12.5. The minimum Gasteiger partial charge on any atom is -0.383 e. The minimum atomic E-state index is -0.243. The van der Waals surface area contributed by atoms with E-state index in [0.717, 1.165) is 22.5 Å². The number of benzene rings is 2. The van der Waals surface area contributed by atoms with E-state index < -0.39 is 0 Å². The molecule has 1 amide bonds. The number of halogens is 2. The number of nitrogens with zero attached hydrogens (tertiary/aromatic N) is 3. The average Bonchev–Trinajstić information content (AvgIpc) is 3.13. The predicted octanol–water partition coefficient (Wildman–Crippen LogP) is 5.18. The van der Waals surface area contributed by atoms with E-state index in [0.29, 0.717) is 28.4 Å². The van der Waals surface area contributed by atoms with E-state index in [-0.39, 0.29) is 17.7 Å². The molecule has 9 heteroatoms. The molecule has 0 aliphatic heterocycles. The molecule has 6 nitrogen and oxygen atoms in total. The molecule has 0 spiro atoms. The smallest absolute Gasteiger partial charge is 0.230 e. The number of hydrogen-bond acceptors (Lipinski definition) is 5. The van der Waals surface area contributed by atoms with Gasteiger partial charge in [-0.25, -0.2) is 0 Å². The third-order valence-electron chi connectivity index (χ3n) is 4.65. The minimum absolute atomic E-state index is 0.123. The van der Waals surface area contributed by atoms with Gasteiger partial charge in [-0.3, -0.25) is 9.36 Å². The monoisotopic (exact) mass is 478 g/mol. The van der Waals surface area contributed by atoms with E-state index in [1.54, 1.807) is 19.2 Å². The number of amides is 1. The lowest BCUT2D eigenvalue weighted by Crippen LogP contribution is -2.28. The highest BCUT2D eigenvalue weighted by Crippen LogP contribution is 2.27. The van der Waals surface area contributed by atoms with Crippen molar-refractivity contribution in [2.45, 2.75) is 31.6 Å². The van der Waals surface area contributed by atoms with Crippen LogP contribution in [0.15, 0.2) is 47.6 Å². The van der Waals surface area contributed by atoms with E-state index in [4.69, 9.17) is 27.9 Å². The first-order chi connectivity index (χ1) is 14.9. The van der Waals surface area contributed by atoms with Gasteiger partial charge in [-0.05, 0) is 37.6 Å². The molecule has 0 saturated heterocycles. The zero-order chi connectivity index (χ0) is 22.4. The first-order valence-electron chi connectivity index (χ1n) is 9.75. The van der Waals surface area contributed by atoms with Gasteiger partial charge < -0.3 is 10.1 Å². The van der Waals surface area contributed by atoms with Gasteiger partial charge >= 0.3 is 0 Å². The Kier molecular flexibility index (Phi) is 8.37. The second-order valence-corrected chi connectivity index (χ2v) is 8.85. The number of ether oxygens (including phenoxy) is 1. The fourth-order valence-electron chi connectivity index (χ4n) is 3.12. The molecular weight excluding hydrogens is 455 g/mol. The van der Waals surface area contributed by atoms with Crippen LogP contribution in [0, 0.1) is 6.92 Å². The van der Waals surface area contributed by atoms with Crippen LogP contribution in [0.5, 0.6) is 0 Å². The number of carbonyl (C=O) groups excluding carboxylic acids is 1. The van der Waals surface area contributed by atoms with Crippen molar-refractivity contribution < 1.29 is 9.53 Å². The third kappa shape index (κ3) is 6.23. The van der Waals surface area contributed by atoms with Crippen LogP contribution in [0.4, 0.5) is 0 Å². The Balaban J connectivity index is 1.69. The topological polar surface area (TPSA) is 69.0 Å². The standard InChI is InChI=1S/C22H24Cl2N4O2S/c1-14-5-4-6-16(11-14)21-26-27-22(28(21)9-10-30-3)31-13-20(29)25-15(2)18-8-7-17(23)12-19(18)24/h4-8,11-12,15H,9-10,13H2,1-3H3,(H,25,29)/t15-/m1/s1. The number of aromatic nitrogens is 3. The highest BCUT2D eigenvalue weighted by atomic mass is 35.5. The molecule has 1 heterocycles. The van der Waals surface area contributed by atoms with Gasteiger partial charge in [0.1, 0.15) is 0 Å². The highest BCUT2D eigenvalue weighted by molar-refractivity contribution is 7.99. The maximum atomic E-state index is 12.5. The Bertz CT molecular complexity index is 1060. The van der Waals surface area contributed by atoms with Crippen LogP contribution in [-0.4, -0.2) is 40.1 Å². The molecule has 0 aliphatic rings. The van der Waals surface area contributed by atoms with Crippen molar-refractivity contribution in [3.63, 3.8) is 0 Å². The Labute approximate surface area is 196 Å². The van der Waals surface area contributed by atoms with E-state index in [9.17, 15) is 4.79 Å². The maximum Gasteiger partial charge on any atom is 0.230 e. The summed E-state index contributed by atoms with van der Waals surface area (Å²) in [7, 11) is 1.65. The third-order valence-corrected chi connectivity index (χ3v) is 6.18. The van der Waals surface area contributed by atoms with Crippen LogP contribution in [-0.2, 0) is 16.1 Å². The molecule has 1 N–H and O–H groups in total. The van der Waals surface area contributed by atoms with Gasteiger partial charge in [0.05, 0.1) is 24.9 Å². The summed E-state index contributed by atoms with van der Waals surface area (Å²) in [5.74, 6) is 0.834. The summed E-state index contributed by atoms with van der Waals surface area (Å²) in [5, 5.41) is 13.4. The van der Waals surface area contributed by atoms with Gasteiger partial charge in [-0.15, -0.1) is 10.2 Å². The lowest BCUT2D eigenvalue weighted by molar-refractivity contribution is -0.119. The fraction of sp³-hybridized carbons (Fsp3) is 0.318. The molecule has 3 aromatic rings. The molecule has 1 aromatic heterocycles. The molecule has 0 radical (unpaired) electrons. The first kappa shape index (κ1) is 23.6. The molecule has 3 rings (SSSR count). The zero-order valence-electron chi connectivity index (χ0n) is 17.6. The van der Waals surface area contributed by atoms with Crippen LogP contribution < -0.4 is 5.32 Å². The lowest BCUT2D eigenvalue weighted by atomic mass is 10.1. The second-order valence-electron chi connectivity index (χ2n) is 7.06. The second kappa shape index (κ2) is 11.0. The van der Waals surface area contributed by atoms with Crippen molar-refractivity contribution in [3.05, 3.63) is 63.6 Å². The number of hydrogen-bond donors (Lipinski definition) is 1. The van der Waals surface area contributed by atoms with E-state index in [2.05, 4.69) is 21.6 Å². The Morgan fingerprint density at radius 1 is 1.23 bits per heavy atom. The largest absolute Gasteiger partial charge is 0.383 e. The molecule has 0 bridgehead atoms. The quantitative estimate of drug-likeness (QED) is 0.429. The predicted molar refractivity (Wildman–Crippen MR) is 126 cm³/mol. The molecular formula is C22H24Cl2N4O2S. The molecule has 164 valence electrons. The van der Waals surface area contributed by atoms with Crippen molar-refractivity contribution in [1.29, 1.82) is 0 Å². The SMILES string of the molecule is COCCn1c(SCC(=O)N[C@H](C)c2ccc(Cl)cc2Cl)nnc1-c1cccc(C)c1. The molecule has 0 fully saturated rings. The van der Waals surface area contributed by atoms with E-state index in [1.807, 2.05) is 42.7 Å². The number of carbonyl (C=O) groups is 1. The van der Waals surface area contributed by atoms with Gasteiger partial charge in [0.2, 0.25) is 5.91 Å². The number of thioether (sulfide) groups is 1. The van der Waals surface area contributed by atoms with Crippen molar-refractivity contribution in [2.75, 3.05) is 19.5 Å². The normalized spacial score (nSPS) is 12.0. The van der Waals surface area contributed by atoms with Crippen LogP contribution in [0.1, 0.15) is 24.1 Å². The van der Waals surface area contributed by atoms with Crippen molar-refractivity contribution in [1.82, 2.24) is 20.1 Å². The Hall–Kier alpha value is -2.06. The molecule has 0 aliphatic carbocycles. The Morgan fingerprint density at radius 2 is 2.03 bits per heavy atom. The summed E-state index contributed by atoms with van der Waals surface area (Å²) < 4.78 is 7.23. The van der Waals surface area contributed by atoms with Crippen molar-refractivity contribution in [2.24, 2.45) is 0 Å². The number of rotatable bonds is 9. The van der Waals surface area contributed by atoms with Gasteiger partial charge in [0.25, 0.3) is 0 Å². The number of nitrogens with one attached hydrogen (secondary N) is 1. The fourth-order valence-corrected chi connectivity index (χ4v) is 4.47. The molecule has 0 unspecified atom stereocenters.